The van der Waals surface area contributed by atoms with Gasteiger partial charge in [-0.25, -0.2) is 14.6 Å². The van der Waals surface area contributed by atoms with Gasteiger partial charge in [0.05, 0.1) is 22.8 Å². The number of benzene rings is 1. The van der Waals surface area contributed by atoms with Crippen LogP contribution < -0.4 is 5.32 Å². The summed E-state index contributed by atoms with van der Waals surface area (Å²) in [7, 11) is 0. The first-order valence-corrected chi connectivity index (χ1v) is 9.31. The molecule has 0 unspecified atom stereocenters. The quantitative estimate of drug-likeness (QED) is 0.634. The Morgan fingerprint density at radius 3 is 3.08 bits per heavy atom. The predicted molar refractivity (Wildman–Crippen MR) is 98.4 cm³/mol. The van der Waals surface area contributed by atoms with Crippen LogP contribution in [0.3, 0.4) is 0 Å². The van der Waals surface area contributed by atoms with Gasteiger partial charge in [0.2, 0.25) is 5.91 Å². The first-order valence-electron chi connectivity index (χ1n) is 8.33. The molecule has 1 amide bonds. The van der Waals surface area contributed by atoms with Crippen LogP contribution in [0.15, 0.2) is 29.7 Å². The average molecular weight is 358 g/mol. The Morgan fingerprint density at radius 2 is 2.28 bits per heavy atom. The van der Waals surface area contributed by atoms with Crippen LogP contribution in [0.2, 0.25) is 0 Å². The molecule has 1 aromatic carbocycles. The summed E-state index contributed by atoms with van der Waals surface area (Å²) in [5, 5.41) is 7.91. The van der Waals surface area contributed by atoms with E-state index in [1.54, 1.807) is 0 Å². The molecular formula is C17H22N6OS. The number of aromatic nitrogens is 5. The highest BCUT2D eigenvalue weighted by Gasteiger charge is 2.16. The number of nitrogens with one attached hydrogen (secondary N) is 2. The van der Waals surface area contributed by atoms with Crippen molar-refractivity contribution in [3.8, 4) is 0 Å². The number of rotatable bonds is 7. The maximum Gasteiger partial charge on any atom is 0.231 e. The van der Waals surface area contributed by atoms with Gasteiger partial charge in [0.15, 0.2) is 5.16 Å². The number of imidazole rings is 1. The van der Waals surface area contributed by atoms with Gasteiger partial charge in [0, 0.05) is 6.54 Å². The van der Waals surface area contributed by atoms with Gasteiger partial charge in [0.1, 0.15) is 12.2 Å². The SMILES string of the molecule is CCCn1ncnc1[C@@H](C)NC(=O)CSc1nc2ccc(C)cc2[nH]1. The topological polar surface area (TPSA) is 88.5 Å². The van der Waals surface area contributed by atoms with Crippen molar-refractivity contribution in [2.75, 3.05) is 5.75 Å². The zero-order valence-electron chi connectivity index (χ0n) is 14.6. The lowest BCUT2D eigenvalue weighted by Crippen LogP contribution is -2.30. The van der Waals surface area contributed by atoms with E-state index in [0.717, 1.165) is 35.0 Å². The molecule has 0 radical (unpaired) electrons. The first-order chi connectivity index (χ1) is 12.1. The molecule has 2 heterocycles. The van der Waals surface area contributed by atoms with Crippen molar-refractivity contribution < 1.29 is 4.79 Å². The van der Waals surface area contributed by atoms with Crippen molar-refractivity contribution in [2.45, 2.75) is 44.9 Å². The summed E-state index contributed by atoms with van der Waals surface area (Å²) in [5.74, 6) is 1.02. The molecule has 25 heavy (non-hydrogen) atoms. The number of aryl methyl sites for hydroxylation is 2. The lowest BCUT2D eigenvalue weighted by Gasteiger charge is -2.14. The molecule has 2 N–H and O–H groups in total. The predicted octanol–water partition coefficient (Wildman–Crippen LogP) is 2.84. The van der Waals surface area contributed by atoms with Gasteiger partial charge in [-0.3, -0.25) is 4.79 Å². The number of nitrogens with zero attached hydrogens (tertiary/aromatic N) is 4. The van der Waals surface area contributed by atoms with Gasteiger partial charge in [-0.2, -0.15) is 5.10 Å². The van der Waals surface area contributed by atoms with Crippen LogP contribution in [0, 0.1) is 6.92 Å². The largest absolute Gasteiger partial charge is 0.346 e. The minimum absolute atomic E-state index is 0.0554. The van der Waals surface area contributed by atoms with Crippen LogP contribution in [-0.4, -0.2) is 36.4 Å². The average Bonchev–Trinajstić information content (AvgIpc) is 3.19. The monoisotopic (exact) mass is 358 g/mol. The highest BCUT2D eigenvalue weighted by atomic mass is 32.2. The molecule has 0 spiro atoms. The molecule has 8 heteroatoms. The normalized spacial score (nSPS) is 12.4. The van der Waals surface area contributed by atoms with Crippen LogP contribution in [-0.2, 0) is 11.3 Å². The standard InChI is InChI=1S/C17H22N6OS/c1-4-7-23-16(18-10-19-23)12(3)20-15(24)9-25-17-21-13-6-5-11(2)8-14(13)22-17/h5-6,8,10,12H,4,7,9H2,1-3H3,(H,20,24)(H,21,22)/t12-/m1/s1. The van der Waals surface area contributed by atoms with Crippen molar-refractivity contribution in [3.05, 3.63) is 35.9 Å². The highest BCUT2D eigenvalue weighted by Crippen LogP contribution is 2.20. The van der Waals surface area contributed by atoms with E-state index in [4.69, 9.17) is 0 Å². The van der Waals surface area contributed by atoms with E-state index in [1.807, 2.05) is 30.7 Å². The van der Waals surface area contributed by atoms with Gasteiger partial charge in [0.25, 0.3) is 0 Å². The third kappa shape index (κ3) is 4.19. The summed E-state index contributed by atoms with van der Waals surface area (Å²) in [5.41, 5.74) is 3.08. The fourth-order valence-corrected chi connectivity index (χ4v) is 3.34. The number of amides is 1. The molecule has 7 nitrogen and oxygen atoms in total. The zero-order valence-corrected chi connectivity index (χ0v) is 15.4. The molecule has 3 rings (SSSR count). The van der Waals surface area contributed by atoms with Crippen LogP contribution in [0.1, 0.15) is 37.7 Å². The molecule has 0 saturated heterocycles. The number of thioether (sulfide) groups is 1. The number of fused-ring (bicyclic) bond motifs is 1. The third-order valence-electron chi connectivity index (χ3n) is 3.80. The number of aromatic amines is 1. The molecule has 0 aliphatic heterocycles. The smallest absolute Gasteiger partial charge is 0.231 e. The number of carbonyl (C=O) groups excluding carboxylic acids is 1. The highest BCUT2D eigenvalue weighted by molar-refractivity contribution is 7.99. The molecule has 0 bridgehead atoms. The number of carbonyl (C=O) groups is 1. The van der Waals surface area contributed by atoms with E-state index in [2.05, 4.69) is 38.4 Å². The Morgan fingerprint density at radius 1 is 1.44 bits per heavy atom. The van der Waals surface area contributed by atoms with Gasteiger partial charge < -0.3 is 10.3 Å². The van der Waals surface area contributed by atoms with E-state index in [-0.39, 0.29) is 11.9 Å². The second-order valence-corrected chi connectivity index (χ2v) is 6.95. The molecule has 0 fully saturated rings. The van der Waals surface area contributed by atoms with E-state index in [0.29, 0.717) is 5.75 Å². The van der Waals surface area contributed by atoms with E-state index < -0.39 is 0 Å². The van der Waals surface area contributed by atoms with E-state index in [1.165, 1.54) is 23.7 Å². The van der Waals surface area contributed by atoms with E-state index >= 15 is 0 Å². The van der Waals surface area contributed by atoms with Gasteiger partial charge in [-0.05, 0) is 38.0 Å². The summed E-state index contributed by atoms with van der Waals surface area (Å²) < 4.78 is 1.83. The molecule has 2 aromatic heterocycles. The zero-order chi connectivity index (χ0) is 17.8. The van der Waals surface area contributed by atoms with Crippen molar-refractivity contribution in [2.24, 2.45) is 0 Å². The second-order valence-electron chi connectivity index (χ2n) is 5.98. The Bertz CT molecular complexity index is 871. The fraction of sp³-hybridized carbons (Fsp3) is 0.412. The maximum absolute atomic E-state index is 12.2. The minimum atomic E-state index is -0.180. The molecule has 0 aliphatic rings. The summed E-state index contributed by atoms with van der Waals surface area (Å²) in [6.45, 7) is 6.84. The summed E-state index contributed by atoms with van der Waals surface area (Å²) >= 11 is 1.39. The van der Waals surface area contributed by atoms with Crippen LogP contribution in [0.4, 0.5) is 0 Å². The molecule has 1 atom stereocenters. The van der Waals surface area contributed by atoms with Gasteiger partial charge in [-0.15, -0.1) is 0 Å². The summed E-state index contributed by atoms with van der Waals surface area (Å²) in [4.78, 5) is 24.2. The molecule has 0 aliphatic carbocycles. The van der Waals surface area contributed by atoms with Crippen LogP contribution in [0.5, 0.6) is 0 Å². The molecule has 0 saturated carbocycles. The summed E-state index contributed by atoms with van der Waals surface area (Å²) in [6.07, 6.45) is 2.50. The number of hydrogen-bond donors (Lipinski definition) is 2. The minimum Gasteiger partial charge on any atom is -0.346 e. The Labute approximate surface area is 150 Å². The van der Waals surface area contributed by atoms with Gasteiger partial charge >= 0.3 is 0 Å². The number of H-pyrrole nitrogens is 1. The van der Waals surface area contributed by atoms with Crippen molar-refractivity contribution >= 4 is 28.7 Å². The van der Waals surface area contributed by atoms with Crippen molar-refractivity contribution in [1.82, 2.24) is 30.0 Å². The third-order valence-corrected chi connectivity index (χ3v) is 4.67. The van der Waals surface area contributed by atoms with Crippen molar-refractivity contribution in [1.29, 1.82) is 0 Å². The molecule has 3 aromatic rings. The maximum atomic E-state index is 12.2. The fourth-order valence-electron chi connectivity index (χ4n) is 2.64. The Balaban J connectivity index is 1.57. The lowest BCUT2D eigenvalue weighted by atomic mass is 10.2. The van der Waals surface area contributed by atoms with Crippen molar-refractivity contribution in [3.63, 3.8) is 0 Å². The Kier molecular flexibility index (Phi) is 5.37. The molecular weight excluding hydrogens is 336 g/mol. The molecule has 132 valence electrons. The lowest BCUT2D eigenvalue weighted by molar-refractivity contribution is -0.119. The summed E-state index contributed by atoms with van der Waals surface area (Å²) in [6, 6.07) is 5.88. The van der Waals surface area contributed by atoms with Gasteiger partial charge in [-0.1, -0.05) is 24.8 Å². The van der Waals surface area contributed by atoms with Crippen LogP contribution >= 0.6 is 11.8 Å². The van der Waals surface area contributed by atoms with Crippen LogP contribution in [0.25, 0.3) is 11.0 Å². The Hall–Kier alpha value is -2.35. The second kappa shape index (κ2) is 7.69. The van der Waals surface area contributed by atoms with E-state index in [9.17, 15) is 4.79 Å². The number of hydrogen-bond acceptors (Lipinski definition) is 5. The first kappa shape index (κ1) is 17.5.